The van der Waals surface area contributed by atoms with Gasteiger partial charge in [-0.05, 0) is 25.3 Å². The van der Waals surface area contributed by atoms with Crippen LogP contribution in [0.5, 0.6) is 0 Å². The topological polar surface area (TPSA) is 43.4 Å². The lowest BCUT2D eigenvalue weighted by molar-refractivity contribution is -0.140. The quantitative estimate of drug-likeness (QED) is 0.255. The number of unbranched alkanes of at least 4 members (excludes halogenated alkanes) is 5. The third-order valence-electron chi connectivity index (χ3n) is 2.19. The molecule has 0 saturated heterocycles. The van der Waals surface area contributed by atoms with E-state index in [-0.39, 0.29) is 5.97 Å². The number of esters is 1. The first-order chi connectivity index (χ1) is 7.31. The van der Waals surface area contributed by atoms with E-state index < -0.39 is 0 Å². The Labute approximate surface area is 91.5 Å². The largest absolute Gasteiger partial charge is 0.469 e. The highest BCUT2D eigenvalue weighted by Crippen LogP contribution is 2.07. The highest BCUT2D eigenvalue weighted by atomic mass is 16.5. The first-order valence-corrected chi connectivity index (χ1v) is 5.48. The molecule has 0 aromatic rings. The molecule has 0 aliphatic heterocycles. The lowest BCUT2D eigenvalue weighted by atomic mass is 10.1. The minimum atomic E-state index is -0.121. The van der Waals surface area contributed by atoms with Crippen molar-refractivity contribution in [1.29, 1.82) is 0 Å². The van der Waals surface area contributed by atoms with E-state index >= 15 is 0 Å². The molecule has 3 heteroatoms. The van der Waals surface area contributed by atoms with Gasteiger partial charge in [-0.3, -0.25) is 9.59 Å². The van der Waals surface area contributed by atoms with Gasteiger partial charge >= 0.3 is 5.97 Å². The molecule has 3 nitrogen and oxygen atoms in total. The second kappa shape index (κ2) is 11.0. The summed E-state index contributed by atoms with van der Waals surface area (Å²) >= 11 is 0. The number of allylic oxidation sites excluding steroid dienone is 2. The third-order valence-corrected chi connectivity index (χ3v) is 2.19. The molecule has 0 spiro atoms. The summed E-state index contributed by atoms with van der Waals surface area (Å²) < 4.78 is 4.54. The van der Waals surface area contributed by atoms with Crippen molar-refractivity contribution in [3.63, 3.8) is 0 Å². The molecule has 0 aromatic carbocycles. The van der Waals surface area contributed by atoms with Gasteiger partial charge in [-0.15, -0.1) is 0 Å². The molecule has 0 atom stereocenters. The van der Waals surface area contributed by atoms with Crippen molar-refractivity contribution in [1.82, 2.24) is 0 Å². The highest BCUT2D eigenvalue weighted by Gasteiger charge is 1.98. The molecule has 0 heterocycles. The summed E-state index contributed by atoms with van der Waals surface area (Å²) in [6, 6.07) is 0. The second-order valence-corrected chi connectivity index (χ2v) is 3.45. The van der Waals surface area contributed by atoms with Crippen LogP contribution in [-0.2, 0) is 14.3 Å². The van der Waals surface area contributed by atoms with Crippen LogP contribution in [0.4, 0.5) is 0 Å². The van der Waals surface area contributed by atoms with E-state index in [1.54, 1.807) is 0 Å². The standard InChI is InChI=1S/C12H20O3/c1-15-12(14)10-8-6-4-2-3-5-7-9-11-13/h7,9,11H,2-6,8,10H2,1H3/b9-7+. The van der Waals surface area contributed by atoms with Gasteiger partial charge in [-0.1, -0.05) is 25.3 Å². The van der Waals surface area contributed by atoms with E-state index in [0.717, 1.165) is 44.8 Å². The van der Waals surface area contributed by atoms with Crippen molar-refractivity contribution in [3.05, 3.63) is 12.2 Å². The molecule has 0 N–H and O–H groups in total. The summed E-state index contributed by atoms with van der Waals surface area (Å²) in [7, 11) is 1.42. The van der Waals surface area contributed by atoms with Crippen LogP contribution in [0.25, 0.3) is 0 Å². The van der Waals surface area contributed by atoms with Gasteiger partial charge in [0, 0.05) is 6.42 Å². The van der Waals surface area contributed by atoms with E-state index in [4.69, 9.17) is 0 Å². The van der Waals surface area contributed by atoms with Gasteiger partial charge in [-0.2, -0.15) is 0 Å². The summed E-state index contributed by atoms with van der Waals surface area (Å²) in [4.78, 5) is 20.7. The number of aldehydes is 1. The van der Waals surface area contributed by atoms with Gasteiger partial charge in [0.05, 0.1) is 7.11 Å². The highest BCUT2D eigenvalue weighted by molar-refractivity contribution is 5.68. The zero-order chi connectivity index (χ0) is 11.4. The smallest absolute Gasteiger partial charge is 0.305 e. The average molecular weight is 212 g/mol. The van der Waals surface area contributed by atoms with Crippen molar-refractivity contribution in [2.24, 2.45) is 0 Å². The van der Waals surface area contributed by atoms with E-state index in [0.29, 0.717) is 6.42 Å². The number of rotatable bonds is 9. The van der Waals surface area contributed by atoms with Gasteiger partial charge in [0.25, 0.3) is 0 Å². The van der Waals surface area contributed by atoms with E-state index in [1.807, 2.05) is 6.08 Å². The Bertz CT molecular complexity index is 197. The zero-order valence-electron chi connectivity index (χ0n) is 9.41. The van der Waals surface area contributed by atoms with E-state index in [1.165, 1.54) is 13.2 Å². The summed E-state index contributed by atoms with van der Waals surface area (Å²) in [6.45, 7) is 0. The van der Waals surface area contributed by atoms with Crippen LogP contribution in [0.3, 0.4) is 0 Å². The lowest BCUT2D eigenvalue weighted by Gasteiger charge is -1.99. The summed E-state index contributed by atoms with van der Waals surface area (Å²) in [5, 5.41) is 0. The molecule has 0 amide bonds. The number of carbonyl (C=O) groups is 2. The fourth-order valence-electron chi connectivity index (χ4n) is 1.32. The molecule has 0 fully saturated rings. The molecule has 0 bridgehead atoms. The SMILES string of the molecule is COC(=O)CCCCCCC/C=C/C=O. The van der Waals surface area contributed by atoms with Gasteiger partial charge in [0.1, 0.15) is 6.29 Å². The van der Waals surface area contributed by atoms with Crippen molar-refractivity contribution in [3.8, 4) is 0 Å². The number of methoxy groups -OCH3 is 1. The maximum Gasteiger partial charge on any atom is 0.305 e. The van der Waals surface area contributed by atoms with Gasteiger partial charge in [0.15, 0.2) is 0 Å². The Morgan fingerprint density at radius 2 is 1.80 bits per heavy atom. The van der Waals surface area contributed by atoms with Crippen molar-refractivity contribution in [2.75, 3.05) is 7.11 Å². The number of hydrogen-bond donors (Lipinski definition) is 0. The molecule has 0 aliphatic carbocycles. The third kappa shape index (κ3) is 10.8. The molecule has 0 saturated carbocycles. The van der Waals surface area contributed by atoms with Gasteiger partial charge in [-0.25, -0.2) is 0 Å². The Morgan fingerprint density at radius 3 is 2.47 bits per heavy atom. The minimum absolute atomic E-state index is 0.121. The molecule has 0 unspecified atom stereocenters. The van der Waals surface area contributed by atoms with Crippen molar-refractivity contribution >= 4 is 12.3 Å². The molecule has 0 rings (SSSR count). The first kappa shape index (κ1) is 13.9. The molecule has 86 valence electrons. The normalized spacial score (nSPS) is 10.5. The number of hydrogen-bond acceptors (Lipinski definition) is 3. The van der Waals surface area contributed by atoms with Crippen LogP contribution >= 0.6 is 0 Å². The monoisotopic (exact) mass is 212 g/mol. The summed E-state index contributed by atoms with van der Waals surface area (Å²) in [5.74, 6) is -0.121. The van der Waals surface area contributed by atoms with Crippen LogP contribution in [0.2, 0.25) is 0 Å². The molecule has 0 aromatic heterocycles. The number of ether oxygens (including phenoxy) is 1. The molecular formula is C12H20O3. The predicted molar refractivity (Wildman–Crippen MR) is 59.5 cm³/mol. The average Bonchev–Trinajstić information content (AvgIpc) is 2.26. The van der Waals surface area contributed by atoms with Crippen LogP contribution in [-0.4, -0.2) is 19.4 Å². The van der Waals surface area contributed by atoms with E-state index in [9.17, 15) is 9.59 Å². The minimum Gasteiger partial charge on any atom is -0.469 e. The van der Waals surface area contributed by atoms with Crippen LogP contribution in [0.15, 0.2) is 12.2 Å². The maximum absolute atomic E-state index is 10.8. The van der Waals surface area contributed by atoms with Gasteiger partial charge in [0.2, 0.25) is 0 Å². The summed E-state index contributed by atoms with van der Waals surface area (Å²) in [6.07, 6.45) is 11.1. The molecule has 15 heavy (non-hydrogen) atoms. The van der Waals surface area contributed by atoms with Crippen molar-refractivity contribution in [2.45, 2.75) is 44.9 Å². The first-order valence-electron chi connectivity index (χ1n) is 5.48. The predicted octanol–water partition coefficient (Wildman–Crippen LogP) is 2.65. The second-order valence-electron chi connectivity index (χ2n) is 3.45. The molecular weight excluding hydrogens is 192 g/mol. The summed E-state index contributed by atoms with van der Waals surface area (Å²) in [5.41, 5.74) is 0. The number of carbonyl (C=O) groups excluding carboxylic acids is 2. The molecule has 0 radical (unpaired) electrons. The van der Waals surface area contributed by atoms with Crippen molar-refractivity contribution < 1.29 is 14.3 Å². The van der Waals surface area contributed by atoms with Crippen LogP contribution < -0.4 is 0 Å². The van der Waals surface area contributed by atoms with Crippen LogP contribution in [0, 0.1) is 0 Å². The fraction of sp³-hybridized carbons (Fsp3) is 0.667. The Hall–Kier alpha value is -1.12. The Kier molecular flexibility index (Phi) is 10.1. The maximum atomic E-state index is 10.8. The fourth-order valence-corrected chi connectivity index (χ4v) is 1.32. The van der Waals surface area contributed by atoms with Gasteiger partial charge < -0.3 is 4.74 Å². The molecule has 0 aliphatic rings. The Morgan fingerprint density at radius 1 is 1.13 bits per heavy atom. The lowest BCUT2D eigenvalue weighted by Crippen LogP contribution is -1.98. The zero-order valence-corrected chi connectivity index (χ0v) is 9.41. The Balaban J connectivity index is 3.08. The van der Waals surface area contributed by atoms with E-state index in [2.05, 4.69) is 4.74 Å². The van der Waals surface area contributed by atoms with Crippen LogP contribution in [0.1, 0.15) is 44.9 Å².